The maximum atomic E-state index is 11.6. The van der Waals surface area contributed by atoms with Gasteiger partial charge < -0.3 is 10.1 Å². The van der Waals surface area contributed by atoms with E-state index in [9.17, 15) is 4.79 Å². The van der Waals surface area contributed by atoms with Crippen molar-refractivity contribution in [3.8, 4) is 5.82 Å². The normalized spacial score (nSPS) is 10.3. The first-order valence-electron chi connectivity index (χ1n) is 5.57. The molecule has 8 heteroatoms. The molecule has 0 saturated heterocycles. The molecular weight excluding hydrogens is 314 g/mol. The van der Waals surface area contributed by atoms with Gasteiger partial charge in [-0.25, -0.2) is 19.4 Å². The molecule has 0 bridgehead atoms. The monoisotopic (exact) mass is 325 g/mol. The van der Waals surface area contributed by atoms with E-state index in [1.165, 1.54) is 17.2 Å². The molecule has 1 N–H and O–H groups in total. The molecule has 0 aliphatic carbocycles. The van der Waals surface area contributed by atoms with E-state index < -0.39 is 5.97 Å². The molecular formula is C11H12BrN5O2. The van der Waals surface area contributed by atoms with Gasteiger partial charge >= 0.3 is 5.97 Å². The van der Waals surface area contributed by atoms with Crippen molar-refractivity contribution in [2.75, 3.05) is 19.0 Å². The van der Waals surface area contributed by atoms with Gasteiger partial charge in [-0.1, -0.05) is 0 Å². The smallest absolute Gasteiger partial charge is 0.341 e. The Balaban J connectivity index is 2.35. The third-order valence-electron chi connectivity index (χ3n) is 2.32. The maximum Gasteiger partial charge on any atom is 0.341 e. The Hall–Kier alpha value is -1.96. The van der Waals surface area contributed by atoms with Crippen molar-refractivity contribution in [3.05, 3.63) is 28.8 Å². The summed E-state index contributed by atoms with van der Waals surface area (Å²) in [4.78, 5) is 19.7. The Bertz CT molecular complexity index is 599. The number of anilines is 1. The second-order valence-corrected chi connectivity index (χ2v) is 4.30. The predicted octanol–water partition coefficient (Wildman–Crippen LogP) is 1.64. The van der Waals surface area contributed by atoms with Gasteiger partial charge in [0, 0.05) is 13.2 Å². The minimum absolute atomic E-state index is 0.325. The van der Waals surface area contributed by atoms with Crippen LogP contribution in [0, 0.1) is 0 Å². The van der Waals surface area contributed by atoms with E-state index in [2.05, 4.69) is 36.3 Å². The summed E-state index contributed by atoms with van der Waals surface area (Å²) in [5.41, 5.74) is 0.373. The number of hydrogen-bond donors (Lipinski definition) is 1. The van der Waals surface area contributed by atoms with Gasteiger partial charge in [-0.2, -0.15) is 5.10 Å². The molecule has 0 saturated carbocycles. The molecule has 19 heavy (non-hydrogen) atoms. The van der Waals surface area contributed by atoms with E-state index in [1.807, 2.05) is 0 Å². The fourth-order valence-electron chi connectivity index (χ4n) is 1.45. The van der Waals surface area contributed by atoms with Crippen molar-refractivity contribution in [1.82, 2.24) is 19.7 Å². The first-order valence-corrected chi connectivity index (χ1v) is 6.37. The summed E-state index contributed by atoms with van der Waals surface area (Å²) in [6, 6.07) is 0. The van der Waals surface area contributed by atoms with Crippen LogP contribution in [-0.4, -0.2) is 39.4 Å². The van der Waals surface area contributed by atoms with Gasteiger partial charge in [0.25, 0.3) is 0 Å². The number of esters is 1. The Morgan fingerprint density at radius 2 is 2.32 bits per heavy atom. The molecule has 0 fully saturated rings. The number of hydrogen-bond acceptors (Lipinski definition) is 6. The molecule has 7 nitrogen and oxygen atoms in total. The lowest BCUT2D eigenvalue weighted by Crippen LogP contribution is -2.05. The third-order valence-corrected chi connectivity index (χ3v) is 3.05. The highest BCUT2D eigenvalue weighted by atomic mass is 79.9. The molecule has 2 heterocycles. The highest BCUT2D eigenvalue weighted by molar-refractivity contribution is 9.10. The lowest BCUT2D eigenvalue weighted by molar-refractivity contribution is 0.0526. The summed E-state index contributed by atoms with van der Waals surface area (Å²) in [6.07, 6.45) is 4.41. The number of rotatable bonds is 4. The van der Waals surface area contributed by atoms with Gasteiger partial charge in [-0.3, -0.25) is 0 Å². The van der Waals surface area contributed by atoms with Crippen LogP contribution < -0.4 is 5.32 Å². The molecule has 0 unspecified atom stereocenters. The van der Waals surface area contributed by atoms with Gasteiger partial charge in [0.05, 0.1) is 18.4 Å². The molecule has 0 spiro atoms. The number of carbonyl (C=O) groups excluding carboxylic acids is 1. The number of carbonyl (C=O) groups is 1. The molecule has 0 aromatic carbocycles. The van der Waals surface area contributed by atoms with Crippen LogP contribution in [-0.2, 0) is 4.74 Å². The Labute approximate surface area is 118 Å². The lowest BCUT2D eigenvalue weighted by Gasteiger charge is -2.06. The van der Waals surface area contributed by atoms with Crippen LogP contribution in [0.4, 0.5) is 5.82 Å². The Morgan fingerprint density at radius 1 is 1.53 bits per heavy atom. The van der Waals surface area contributed by atoms with Crippen LogP contribution in [0.25, 0.3) is 5.82 Å². The summed E-state index contributed by atoms with van der Waals surface area (Å²) >= 11 is 3.39. The third kappa shape index (κ3) is 2.73. The average Bonchev–Trinajstić information content (AvgIpc) is 2.89. The van der Waals surface area contributed by atoms with Gasteiger partial charge in [-0.15, -0.1) is 0 Å². The van der Waals surface area contributed by atoms with E-state index in [0.29, 0.717) is 28.3 Å². The molecule has 2 rings (SSSR count). The Kier molecular flexibility index (Phi) is 4.10. The molecule has 0 radical (unpaired) electrons. The summed E-state index contributed by atoms with van der Waals surface area (Å²) < 4.78 is 7.05. The zero-order valence-corrected chi connectivity index (χ0v) is 12.0. The predicted molar refractivity (Wildman–Crippen MR) is 72.4 cm³/mol. The van der Waals surface area contributed by atoms with Crippen molar-refractivity contribution in [2.45, 2.75) is 6.92 Å². The van der Waals surface area contributed by atoms with Crippen LogP contribution in [0.3, 0.4) is 0 Å². The Morgan fingerprint density at radius 3 is 3.00 bits per heavy atom. The van der Waals surface area contributed by atoms with Crippen LogP contribution >= 0.6 is 15.9 Å². The highest BCUT2D eigenvalue weighted by Gasteiger charge is 2.14. The molecule has 2 aromatic heterocycles. The highest BCUT2D eigenvalue weighted by Crippen LogP contribution is 2.24. The van der Waals surface area contributed by atoms with E-state index in [4.69, 9.17) is 4.74 Å². The number of nitrogens with zero attached hydrogens (tertiary/aromatic N) is 4. The number of ether oxygens (including phenoxy) is 1. The largest absolute Gasteiger partial charge is 0.462 e. The molecule has 0 amide bonds. The van der Waals surface area contributed by atoms with Crippen molar-refractivity contribution in [3.63, 3.8) is 0 Å². The zero-order valence-electron chi connectivity index (χ0n) is 10.4. The summed E-state index contributed by atoms with van der Waals surface area (Å²) in [5, 5.41) is 7.02. The maximum absolute atomic E-state index is 11.6. The number of nitrogens with one attached hydrogen (secondary N) is 1. The SMILES string of the molecule is CCOC(=O)c1cnn(-c2ncnc(NC)c2Br)c1. The molecule has 100 valence electrons. The first kappa shape index (κ1) is 13.5. The molecule has 0 aliphatic rings. The van der Waals surface area contributed by atoms with E-state index >= 15 is 0 Å². The quantitative estimate of drug-likeness (QED) is 0.860. The van der Waals surface area contributed by atoms with Gasteiger partial charge in [0.2, 0.25) is 0 Å². The van der Waals surface area contributed by atoms with Crippen LogP contribution in [0.1, 0.15) is 17.3 Å². The van der Waals surface area contributed by atoms with Crippen LogP contribution in [0.5, 0.6) is 0 Å². The van der Waals surface area contributed by atoms with Crippen molar-refractivity contribution < 1.29 is 9.53 Å². The second kappa shape index (κ2) is 5.79. The van der Waals surface area contributed by atoms with Crippen LogP contribution in [0.15, 0.2) is 23.2 Å². The summed E-state index contributed by atoms with van der Waals surface area (Å²) in [5.74, 6) is 0.765. The number of halogens is 1. The fourth-order valence-corrected chi connectivity index (χ4v) is 2.04. The minimum Gasteiger partial charge on any atom is -0.462 e. The molecule has 0 atom stereocenters. The number of aromatic nitrogens is 4. The topological polar surface area (TPSA) is 81.9 Å². The molecule has 0 aliphatic heterocycles. The molecule has 2 aromatic rings. The van der Waals surface area contributed by atoms with Crippen LogP contribution in [0.2, 0.25) is 0 Å². The average molecular weight is 326 g/mol. The fraction of sp³-hybridized carbons (Fsp3) is 0.273. The summed E-state index contributed by atoms with van der Waals surface area (Å²) in [7, 11) is 1.75. The van der Waals surface area contributed by atoms with Crippen molar-refractivity contribution >= 4 is 27.7 Å². The second-order valence-electron chi connectivity index (χ2n) is 3.50. The van der Waals surface area contributed by atoms with E-state index in [1.54, 1.807) is 20.2 Å². The van der Waals surface area contributed by atoms with Crippen molar-refractivity contribution in [1.29, 1.82) is 0 Å². The van der Waals surface area contributed by atoms with Gasteiger partial charge in [0.1, 0.15) is 16.6 Å². The van der Waals surface area contributed by atoms with Gasteiger partial charge in [-0.05, 0) is 22.9 Å². The first-order chi connectivity index (χ1) is 9.17. The zero-order chi connectivity index (χ0) is 13.8. The minimum atomic E-state index is -0.409. The van der Waals surface area contributed by atoms with E-state index in [-0.39, 0.29) is 0 Å². The standard InChI is InChI=1S/C11H12BrN5O2/c1-3-19-11(18)7-4-16-17(5-7)10-8(12)9(13-2)14-6-15-10/h4-6H,3H2,1-2H3,(H,13,14,15). The lowest BCUT2D eigenvalue weighted by atomic mass is 10.4. The van der Waals surface area contributed by atoms with E-state index in [0.717, 1.165) is 0 Å². The van der Waals surface area contributed by atoms with Gasteiger partial charge in [0.15, 0.2) is 5.82 Å². The summed E-state index contributed by atoms with van der Waals surface area (Å²) in [6.45, 7) is 2.08. The van der Waals surface area contributed by atoms with Crippen molar-refractivity contribution in [2.24, 2.45) is 0 Å².